The summed E-state index contributed by atoms with van der Waals surface area (Å²) in [5.41, 5.74) is -1.43. The average molecular weight is 479 g/mol. The van der Waals surface area contributed by atoms with Gasteiger partial charge in [0, 0.05) is 18.3 Å². The Kier molecular flexibility index (Phi) is 6.60. The van der Waals surface area contributed by atoms with Crippen LogP contribution in [0.2, 0.25) is 0 Å². The fourth-order valence-electron chi connectivity index (χ4n) is 8.47. The van der Waals surface area contributed by atoms with Gasteiger partial charge in [0.1, 0.15) is 19.1 Å². The van der Waals surface area contributed by atoms with Crippen LogP contribution in [-0.2, 0) is 28.7 Å². The van der Waals surface area contributed by atoms with Crippen LogP contribution in [0.5, 0.6) is 0 Å². The number of aliphatic hydroxyl groups is 1. The third-order valence-corrected chi connectivity index (χ3v) is 10.2. The summed E-state index contributed by atoms with van der Waals surface area (Å²) in [6, 6.07) is 0. The van der Waals surface area contributed by atoms with Crippen LogP contribution < -0.4 is 0 Å². The fraction of sp³-hybridized carbons (Fsp3) is 0.846. The molecule has 8 atom stereocenters. The quantitative estimate of drug-likeness (QED) is 0.440. The highest BCUT2D eigenvalue weighted by Crippen LogP contribution is 2.69. The Bertz CT molecular complexity index is 869. The molecule has 4 rings (SSSR count). The normalized spacial score (nSPS) is 43.1. The number of Topliss-reactive ketones (excluding diaryl/α,β-unsaturated/α-hetero) is 1. The lowest BCUT2D eigenvalue weighted by molar-refractivity contribution is -0.212. The number of hydrogen-bond donors (Lipinski definition) is 2. The number of fused-ring (bicyclic) bond motifs is 5. The number of rotatable bonds is 6. The van der Waals surface area contributed by atoms with Gasteiger partial charge in [0.05, 0.1) is 5.60 Å². The van der Waals surface area contributed by atoms with Gasteiger partial charge in [-0.2, -0.15) is 0 Å². The van der Waals surface area contributed by atoms with Crippen molar-refractivity contribution < 1.29 is 38.9 Å². The summed E-state index contributed by atoms with van der Waals surface area (Å²) in [7, 11) is 0. The Balaban J connectivity index is 1.47. The van der Waals surface area contributed by atoms with Gasteiger partial charge >= 0.3 is 17.9 Å². The first-order valence-electron chi connectivity index (χ1n) is 12.7. The van der Waals surface area contributed by atoms with Gasteiger partial charge in [-0.05, 0) is 81.0 Å². The monoisotopic (exact) mass is 478 g/mol. The zero-order valence-electron chi connectivity index (χ0n) is 20.5. The maximum absolute atomic E-state index is 13.0. The van der Waals surface area contributed by atoms with Crippen LogP contribution in [0.3, 0.4) is 0 Å². The molecule has 0 aromatic rings. The molecule has 0 aromatic carbocycles. The number of carbonyl (C=O) groups excluding carboxylic acids is 3. The minimum atomic E-state index is -1.29. The van der Waals surface area contributed by atoms with E-state index in [9.17, 15) is 24.3 Å². The molecule has 4 saturated carbocycles. The summed E-state index contributed by atoms with van der Waals surface area (Å²) in [5.74, 6) is -2.11. The van der Waals surface area contributed by atoms with Crippen LogP contribution in [0, 0.1) is 34.5 Å². The van der Waals surface area contributed by atoms with Gasteiger partial charge in [-0.25, -0.2) is 0 Å². The van der Waals surface area contributed by atoms with Gasteiger partial charge in [0.25, 0.3) is 0 Å². The van der Waals surface area contributed by atoms with E-state index in [1.54, 1.807) is 0 Å². The molecule has 0 radical (unpaired) electrons. The summed E-state index contributed by atoms with van der Waals surface area (Å²) >= 11 is 0. The van der Waals surface area contributed by atoms with Crippen LogP contribution in [-0.4, -0.2) is 52.2 Å². The molecule has 0 aromatic heterocycles. The molecule has 8 heteroatoms. The van der Waals surface area contributed by atoms with Crippen LogP contribution in [0.15, 0.2) is 0 Å². The zero-order chi connectivity index (χ0) is 24.9. The van der Waals surface area contributed by atoms with Crippen LogP contribution in [0.1, 0.15) is 85.0 Å². The maximum atomic E-state index is 13.0. The molecule has 0 amide bonds. The van der Waals surface area contributed by atoms with E-state index in [-0.39, 0.29) is 29.2 Å². The van der Waals surface area contributed by atoms with Gasteiger partial charge in [0.15, 0.2) is 5.78 Å². The second-order valence-electron chi connectivity index (χ2n) is 11.7. The molecule has 0 heterocycles. The van der Waals surface area contributed by atoms with E-state index < -0.39 is 41.9 Å². The number of carboxylic acid groups (broad SMARTS) is 1. The smallest absolute Gasteiger partial charge is 0.317 e. The number of aliphatic carboxylic acids is 1. The lowest BCUT2D eigenvalue weighted by Gasteiger charge is -2.63. The summed E-state index contributed by atoms with van der Waals surface area (Å²) < 4.78 is 10.5. The molecule has 0 spiro atoms. The first-order valence-corrected chi connectivity index (χ1v) is 12.7. The molecule has 0 bridgehead atoms. The SMILES string of the molecule is CC(=O)O[C@H]1CC[C@@]2(C)[C@H](CC[C@@H]3[C@@H]2CC[C@]2(C)[C@@H](C(=O)COC(=O)CC(=O)O)CC[C@]32O)C1. The van der Waals surface area contributed by atoms with Gasteiger partial charge in [-0.1, -0.05) is 13.8 Å². The fourth-order valence-corrected chi connectivity index (χ4v) is 8.47. The van der Waals surface area contributed by atoms with E-state index in [0.29, 0.717) is 24.7 Å². The second-order valence-corrected chi connectivity index (χ2v) is 11.7. The predicted molar refractivity (Wildman–Crippen MR) is 120 cm³/mol. The minimum absolute atomic E-state index is 0.0126. The summed E-state index contributed by atoms with van der Waals surface area (Å²) in [6.45, 7) is 5.40. The van der Waals surface area contributed by atoms with E-state index in [1.807, 2.05) is 6.92 Å². The van der Waals surface area contributed by atoms with Crippen molar-refractivity contribution >= 4 is 23.7 Å². The van der Waals surface area contributed by atoms with E-state index in [1.165, 1.54) is 6.92 Å². The average Bonchev–Trinajstić information content (AvgIpc) is 3.03. The summed E-state index contributed by atoms with van der Waals surface area (Å²) in [6.07, 6.45) is 6.62. The van der Waals surface area contributed by atoms with Crippen molar-refractivity contribution in [2.45, 2.75) is 96.7 Å². The van der Waals surface area contributed by atoms with Gasteiger partial charge < -0.3 is 19.7 Å². The van der Waals surface area contributed by atoms with E-state index in [0.717, 1.165) is 44.9 Å². The Morgan fingerprint density at radius 2 is 1.68 bits per heavy atom. The van der Waals surface area contributed by atoms with Crippen molar-refractivity contribution in [1.29, 1.82) is 0 Å². The molecular weight excluding hydrogens is 440 g/mol. The van der Waals surface area contributed by atoms with E-state index in [2.05, 4.69) is 6.92 Å². The third-order valence-electron chi connectivity index (χ3n) is 10.2. The Morgan fingerprint density at radius 1 is 0.941 bits per heavy atom. The first-order chi connectivity index (χ1) is 15.9. The second kappa shape index (κ2) is 8.92. The Morgan fingerprint density at radius 3 is 2.35 bits per heavy atom. The van der Waals surface area contributed by atoms with Gasteiger partial charge in [-0.3, -0.25) is 19.2 Å². The third kappa shape index (κ3) is 4.06. The minimum Gasteiger partial charge on any atom is -0.481 e. The van der Waals surface area contributed by atoms with Crippen molar-refractivity contribution in [2.75, 3.05) is 6.61 Å². The molecule has 34 heavy (non-hydrogen) atoms. The van der Waals surface area contributed by atoms with E-state index >= 15 is 0 Å². The molecule has 4 aliphatic carbocycles. The molecule has 0 unspecified atom stereocenters. The number of ether oxygens (including phenoxy) is 2. The molecule has 190 valence electrons. The van der Waals surface area contributed by atoms with Crippen molar-refractivity contribution in [2.24, 2.45) is 34.5 Å². The standard InChI is InChI=1S/C26H38O8/c1-15(27)34-17-6-9-24(2)16(12-17)4-5-19-18(24)7-10-25(3)20(8-11-26(19,25)32)21(28)14-33-23(31)13-22(29)30/h16-20,32H,4-14H2,1-3H3,(H,29,30)/t16-,17+,18+,19-,20-,24+,25-,26+/m1/s1. The Labute approximate surface area is 200 Å². The molecule has 0 saturated heterocycles. The van der Waals surface area contributed by atoms with Crippen molar-refractivity contribution in [3.8, 4) is 0 Å². The topological polar surface area (TPSA) is 127 Å². The largest absolute Gasteiger partial charge is 0.481 e. The molecule has 4 fully saturated rings. The Hall–Kier alpha value is -1.96. The highest BCUT2D eigenvalue weighted by atomic mass is 16.5. The first kappa shape index (κ1) is 25.1. The highest BCUT2D eigenvalue weighted by molar-refractivity contribution is 5.92. The molecule has 8 nitrogen and oxygen atoms in total. The molecular formula is C26H38O8. The predicted octanol–water partition coefficient (Wildman–Crippen LogP) is 3.28. The summed E-state index contributed by atoms with van der Waals surface area (Å²) in [5, 5.41) is 20.9. The summed E-state index contributed by atoms with van der Waals surface area (Å²) in [4.78, 5) is 46.8. The van der Waals surface area contributed by atoms with Crippen molar-refractivity contribution in [3.63, 3.8) is 0 Å². The number of esters is 2. The van der Waals surface area contributed by atoms with Gasteiger partial charge in [0.2, 0.25) is 0 Å². The van der Waals surface area contributed by atoms with Crippen molar-refractivity contribution in [1.82, 2.24) is 0 Å². The van der Waals surface area contributed by atoms with Gasteiger partial charge in [-0.15, -0.1) is 0 Å². The number of carbonyl (C=O) groups is 4. The maximum Gasteiger partial charge on any atom is 0.317 e. The molecule has 0 aliphatic heterocycles. The lowest BCUT2D eigenvalue weighted by atomic mass is 9.43. The zero-order valence-corrected chi connectivity index (χ0v) is 20.5. The molecule has 4 aliphatic rings. The van der Waals surface area contributed by atoms with E-state index in [4.69, 9.17) is 14.6 Å². The van der Waals surface area contributed by atoms with Crippen LogP contribution in [0.25, 0.3) is 0 Å². The van der Waals surface area contributed by atoms with Crippen molar-refractivity contribution in [3.05, 3.63) is 0 Å². The number of ketones is 1. The van der Waals surface area contributed by atoms with Crippen LogP contribution in [0.4, 0.5) is 0 Å². The number of carboxylic acids is 1. The molecule has 2 N–H and O–H groups in total. The highest BCUT2D eigenvalue weighted by Gasteiger charge is 2.68. The number of hydrogen-bond acceptors (Lipinski definition) is 7. The van der Waals surface area contributed by atoms with Crippen LogP contribution >= 0.6 is 0 Å². The lowest BCUT2D eigenvalue weighted by Crippen LogP contribution is -2.62.